The average Bonchev–Trinajstić information content (AvgIpc) is 3.21. The summed E-state index contributed by atoms with van der Waals surface area (Å²) in [7, 11) is 0. The van der Waals surface area contributed by atoms with E-state index < -0.39 is 4.92 Å². The molecule has 0 aliphatic rings. The van der Waals surface area contributed by atoms with Gasteiger partial charge in [-0.15, -0.1) is 0 Å². The molecule has 0 unspecified atom stereocenters. The van der Waals surface area contributed by atoms with Crippen LogP contribution in [0.5, 0.6) is 0 Å². The van der Waals surface area contributed by atoms with Crippen molar-refractivity contribution in [2.24, 2.45) is 0 Å². The van der Waals surface area contributed by atoms with Crippen molar-refractivity contribution in [1.82, 2.24) is 15.5 Å². The molecule has 3 rings (SSSR count). The molecule has 0 atom stereocenters. The Bertz CT molecular complexity index is 1010. The van der Waals surface area contributed by atoms with Gasteiger partial charge in [0.25, 0.3) is 5.69 Å². The molecule has 1 aromatic heterocycles. The first-order valence-corrected chi connectivity index (χ1v) is 9.73. The number of halogens is 1. The first kappa shape index (κ1) is 21.3. The normalized spacial score (nSPS) is 10.6. The van der Waals surface area contributed by atoms with Crippen LogP contribution in [-0.2, 0) is 11.2 Å². The second-order valence-corrected chi connectivity index (χ2v) is 6.86. The molecule has 1 heterocycles. The lowest BCUT2D eigenvalue weighted by molar-refractivity contribution is -0.384. The van der Waals surface area contributed by atoms with Crippen LogP contribution in [0.4, 0.5) is 11.4 Å². The average molecular weight is 430 g/mol. The summed E-state index contributed by atoms with van der Waals surface area (Å²) in [5.41, 5.74) is 1.23. The van der Waals surface area contributed by atoms with Crippen LogP contribution in [0.25, 0.3) is 11.4 Å². The van der Waals surface area contributed by atoms with Gasteiger partial charge in [-0.3, -0.25) is 14.9 Å². The van der Waals surface area contributed by atoms with E-state index in [4.69, 9.17) is 16.1 Å². The molecule has 0 radical (unpaired) electrons. The van der Waals surface area contributed by atoms with E-state index in [0.29, 0.717) is 54.8 Å². The van der Waals surface area contributed by atoms with Crippen LogP contribution in [0.3, 0.4) is 0 Å². The smallest absolute Gasteiger partial charge is 0.292 e. The minimum Gasteiger partial charge on any atom is -0.378 e. The summed E-state index contributed by atoms with van der Waals surface area (Å²) in [5.74, 6) is 0.829. The van der Waals surface area contributed by atoms with E-state index in [1.54, 1.807) is 30.3 Å². The molecule has 0 bridgehead atoms. The molecule has 0 spiro atoms. The lowest BCUT2D eigenvalue weighted by Crippen LogP contribution is -2.28. The number of rotatable bonds is 10. The van der Waals surface area contributed by atoms with Gasteiger partial charge in [-0.05, 0) is 36.8 Å². The van der Waals surface area contributed by atoms with Crippen molar-refractivity contribution < 1.29 is 14.2 Å². The maximum atomic E-state index is 12.0. The number of anilines is 1. The molecule has 2 N–H and O–H groups in total. The number of hydrogen-bond acceptors (Lipinski definition) is 7. The highest BCUT2D eigenvalue weighted by molar-refractivity contribution is 6.30. The number of nitrogens with one attached hydrogen (secondary N) is 2. The second-order valence-electron chi connectivity index (χ2n) is 6.42. The van der Waals surface area contributed by atoms with E-state index in [1.165, 1.54) is 6.07 Å². The van der Waals surface area contributed by atoms with Crippen molar-refractivity contribution >= 4 is 28.9 Å². The number of amides is 1. The van der Waals surface area contributed by atoms with Crippen molar-refractivity contribution in [3.8, 4) is 11.4 Å². The van der Waals surface area contributed by atoms with E-state index in [0.717, 1.165) is 5.56 Å². The lowest BCUT2D eigenvalue weighted by atomic mass is 10.2. The third-order valence-corrected chi connectivity index (χ3v) is 4.48. The van der Waals surface area contributed by atoms with Crippen molar-refractivity contribution in [3.05, 3.63) is 69.6 Å². The Balaban J connectivity index is 1.36. The SMILES string of the molecule is O=C(CCCc1nc(-c2ccc(Cl)cc2)no1)NCCNc1ccccc1[N+](=O)[O-]. The number of hydrogen-bond donors (Lipinski definition) is 2. The van der Waals surface area contributed by atoms with Crippen LogP contribution >= 0.6 is 11.6 Å². The van der Waals surface area contributed by atoms with E-state index in [9.17, 15) is 14.9 Å². The molecule has 156 valence electrons. The summed E-state index contributed by atoms with van der Waals surface area (Å²) in [6.07, 6.45) is 1.36. The molecule has 0 saturated heterocycles. The highest BCUT2D eigenvalue weighted by Crippen LogP contribution is 2.22. The number of nitro groups is 1. The van der Waals surface area contributed by atoms with Crippen LogP contribution in [0.15, 0.2) is 53.1 Å². The van der Waals surface area contributed by atoms with Crippen molar-refractivity contribution in [2.75, 3.05) is 18.4 Å². The summed E-state index contributed by atoms with van der Waals surface area (Å²) in [6.45, 7) is 0.733. The van der Waals surface area contributed by atoms with Crippen LogP contribution in [-0.4, -0.2) is 34.1 Å². The highest BCUT2D eigenvalue weighted by atomic mass is 35.5. The number of aryl methyl sites for hydroxylation is 1. The quantitative estimate of drug-likeness (QED) is 0.285. The fourth-order valence-corrected chi connectivity index (χ4v) is 2.87. The molecule has 0 fully saturated rings. The predicted octanol–water partition coefficient (Wildman–Crippen LogP) is 3.85. The van der Waals surface area contributed by atoms with Gasteiger partial charge in [0, 0.05) is 42.6 Å². The summed E-state index contributed by atoms with van der Waals surface area (Å²) in [5, 5.41) is 21.3. The zero-order valence-electron chi connectivity index (χ0n) is 16.0. The van der Waals surface area contributed by atoms with Crippen LogP contribution in [0.2, 0.25) is 5.02 Å². The summed E-state index contributed by atoms with van der Waals surface area (Å²) in [6, 6.07) is 13.5. The topological polar surface area (TPSA) is 123 Å². The third kappa shape index (κ3) is 6.02. The van der Waals surface area contributed by atoms with Gasteiger partial charge in [0.1, 0.15) is 5.69 Å². The standard InChI is InChI=1S/C20H20ClN5O4/c21-15-10-8-14(9-11-15)20-24-19(30-25-20)7-3-6-18(27)23-13-12-22-16-4-1-2-5-17(16)26(28)29/h1-2,4-5,8-11,22H,3,6-7,12-13H2,(H,23,27). The molecule has 10 heteroatoms. The van der Waals surface area contributed by atoms with E-state index in [-0.39, 0.29) is 11.6 Å². The Kier molecular flexibility index (Phi) is 7.34. The number of nitro benzene ring substituents is 1. The minimum absolute atomic E-state index is 0.00125. The summed E-state index contributed by atoms with van der Waals surface area (Å²) in [4.78, 5) is 26.8. The number of aromatic nitrogens is 2. The summed E-state index contributed by atoms with van der Waals surface area (Å²) < 4.78 is 5.22. The second kappa shape index (κ2) is 10.4. The Morgan fingerprint density at radius 3 is 2.67 bits per heavy atom. The molecule has 0 saturated carbocycles. The zero-order valence-corrected chi connectivity index (χ0v) is 16.8. The maximum Gasteiger partial charge on any atom is 0.292 e. The van der Waals surface area contributed by atoms with Crippen LogP contribution in [0.1, 0.15) is 18.7 Å². The van der Waals surface area contributed by atoms with Gasteiger partial charge < -0.3 is 15.2 Å². The minimum atomic E-state index is -0.448. The predicted molar refractivity (Wildman–Crippen MR) is 112 cm³/mol. The molecule has 30 heavy (non-hydrogen) atoms. The monoisotopic (exact) mass is 429 g/mol. The van der Waals surface area contributed by atoms with Crippen molar-refractivity contribution in [2.45, 2.75) is 19.3 Å². The number of carbonyl (C=O) groups is 1. The Hall–Kier alpha value is -3.46. The van der Waals surface area contributed by atoms with Gasteiger partial charge in [-0.1, -0.05) is 28.9 Å². The maximum absolute atomic E-state index is 12.0. The molecular weight excluding hydrogens is 410 g/mol. The molecule has 0 aliphatic carbocycles. The number of para-hydroxylation sites is 2. The van der Waals surface area contributed by atoms with Crippen molar-refractivity contribution in [3.63, 3.8) is 0 Å². The van der Waals surface area contributed by atoms with Gasteiger partial charge in [0.2, 0.25) is 17.6 Å². The van der Waals surface area contributed by atoms with E-state index in [1.807, 2.05) is 12.1 Å². The number of carbonyl (C=O) groups excluding carboxylic acids is 1. The zero-order chi connectivity index (χ0) is 21.3. The van der Waals surface area contributed by atoms with E-state index in [2.05, 4.69) is 20.8 Å². The largest absolute Gasteiger partial charge is 0.378 e. The number of benzene rings is 2. The van der Waals surface area contributed by atoms with Gasteiger partial charge in [-0.2, -0.15) is 4.98 Å². The van der Waals surface area contributed by atoms with Gasteiger partial charge in [-0.25, -0.2) is 0 Å². The van der Waals surface area contributed by atoms with Crippen LogP contribution < -0.4 is 10.6 Å². The lowest BCUT2D eigenvalue weighted by Gasteiger charge is -2.08. The highest BCUT2D eigenvalue weighted by Gasteiger charge is 2.12. The molecule has 3 aromatic rings. The molecule has 2 aromatic carbocycles. The fourth-order valence-electron chi connectivity index (χ4n) is 2.74. The first-order valence-electron chi connectivity index (χ1n) is 9.35. The van der Waals surface area contributed by atoms with Gasteiger partial charge >= 0.3 is 0 Å². The Labute approximate surface area is 177 Å². The summed E-state index contributed by atoms with van der Waals surface area (Å²) >= 11 is 5.87. The molecular formula is C20H20ClN5O4. The van der Waals surface area contributed by atoms with Crippen molar-refractivity contribution in [1.29, 1.82) is 0 Å². The Morgan fingerprint density at radius 1 is 1.13 bits per heavy atom. The third-order valence-electron chi connectivity index (χ3n) is 4.23. The Morgan fingerprint density at radius 2 is 1.90 bits per heavy atom. The van der Waals surface area contributed by atoms with Crippen LogP contribution in [0, 0.1) is 10.1 Å². The fraction of sp³-hybridized carbons (Fsp3) is 0.250. The molecule has 0 aliphatic heterocycles. The van der Waals surface area contributed by atoms with E-state index >= 15 is 0 Å². The van der Waals surface area contributed by atoms with Gasteiger partial charge in [0.05, 0.1) is 4.92 Å². The van der Waals surface area contributed by atoms with Gasteiger partial charge in [0.15, 0.2) is 0 Å². The molecule has 9 nitrogen and oxygen atoms in total. The molecule has 1 amide bonds. The first-order chi connectivity index (χ1) is 14.5. The number of nitrogens with zero attached hydrogens (tertiary/aromatic N) is 3.